The monoisotopic (exact) mass is 301 g/mol. The molecule has 0 aromatic heterocycles. The highest BCUT2D eigenvalue weighted by Gasteiger charge is 2.20. The molecule has 0 fully saturated rings. The minimum Gasteiger partial charge on any atom is -0.496 e. The van der Waals surface area contributed by atoms with Crippen molar-refractivity contribution in [2.45, 2.75) is 18.9 Å². The molecule has 1 atom stereocenters. The summed E-state index contributed by atoms with van der Waals surface area (Å²) in [7, 11) is 1.47. The highest BCUT2D eigenvalue weighted by molar-refractivity contribution is 6.30. The van der Waals surface area contributed by atoms with Gasteiger partial charge in [0.05, 0.1) is 13.5 Å². The highest BCUT2D eigenvalue weighted by Crippen LogP contribution is 2.23. The zero-order valence-corrected chi connectivity index (χ0v) is 11.7. The molecule has 0 aliphatic carbocycles. The van der Waals surface area contributed by atoms with Crippen LogP contribution in [0.1, 0.15) is 12.0 Å². The normalized spacial score (nSPS) is 11.8. The first-order valence-corrected chi connectivity index (χ1v) is 6.31. The van der Waals surface area contributed by atoms with E-state index >= 15 is 0 Å². The number of hydrogen-bond donors (Lipinski definition) is 3. The molecule has 1 aromatic rings. The Bertz CT molecular complexity index is 492. The quantitative estimate of drug-likeness (QED) is 0.693. The number of carbonyl (C=O) groups is 2. The van der Waals surface area contributed by atoms with E-state index in [-0.39, 0.29) is 19.4 Å². The first-order chi connectivity index (χ1) is 9.47. The fraction of sp³-hybridized carbons (Fsp3) is 0.385. The van der Waals surface area contributed by atoms with Crippen molar-refractivity contribution >= 4 is 23.5 Å². The summed E-state index contributed by atoms with van der Waals surface area (Å²) in [4.78, 5) is 22.7. The van der Waals surface area contributed by atoms with Crippen LogP contribution in [0.15, 0.2) is 18.2 Å². The van der Waals surface area contributed by atoms with Crippen LogP contribution in [0, 0.1) is 0 Å². The number of aliphatic hydroxyl groups is 1. The number of carboxylic acid groups (broad SMARTS) is 1. The number of methoxy groups -OCH3 is 1. The number of ether oxygens (including phenoxy) is 1. The van der Waals surface area contributed by atoms with Crippen LogP contribution in [0.4, 0.5) is 0 Å². The molecule has 1 rings (SSSR count). The molecular formula is C13H16ClNO5. The minimum absolute atomic E-state index is 0.0479. The Morgan fingerprint density at radius 1 is 1.45 bits per heavy atom. The molecule has 0 bridgehead atoms. The number of nitrogens with one attached hydrogen (secondary N) is 1. The molecule has 6 nitrogen and oxygen atoms in total. The molecule has 1 amide bonds. The number of amides is 1. The van der Waals surface area contributed by atoms with Crippen LogP contribution >= 0.6 is 11.6 Å². The average molecular weight is 302 g/mol. The van der Waals surface area contributed by atoms with E-state index in [4.69, 9.17) is 26.6 Å². The molecule has 0 radical (unpaired) electrons. The predicted octanol–water partition coefficient (Wildman–Crippen LogP) is 0.843. The van der Waals surface area contributed by atoms with Crippen molar-refractivity contribution in [3.05, 3.63) is 28.8 Å². The first kappa shape index (κ1) is 16.3. The van der Waals surface area contributed by atoms with Crippen LogP contribution in [0.2, 0.25) is 5.02 Å². The molecule has 7 heteroatoms. The number of benzene rings is 1. The second kappa shape index (κ2) is 7.72. The third kappa shape index (κ3) is 4.71. The van der Waals surface area contributed by atoms with Gasteiger partial charge in [0.1, 0.15) is 11.8 Å². The summed E-state index contributed by atoms with van der Waals surface area (Å²) in [6.07, 6.45) is -0.104. The third-order valence-electron chi connectivity index (χ3n) is 2.64. The second-order valence-electron chi connectivity index (χ2n) is 4.10. The zero-order valence-electron chi connectivity index (χ0n) is 10.9. The fourth-order valence-corrected chi connectivity index (χ4v) is 1.88. The van der Waals surface area contributed by atoms with Gasteiger partial charge in [-0.05, 0) is 18.2 Å². The molecular weight excluding hydrogens is 286 g/mol. The topological polar surface area (TPSA) is 95.9 Å². The molecule has 1 unspecified atom stereocenters. The molecule has 0 saturated heterocycles. The Morgan fingerprint density at radius 3 is 2.70 bits per heavy atom. The van der Waals surface area contributed by atoms with Crippen LogP contribution in [0.25, 0.3) is 0 Å². The van der Waals surface area contributed by atoms with E-state index in [9.17, 15) is 9.59 Å². The van der Waals surface area contributed by atoms with Crippen molar-refractivity contribution in [1.29, 1.82) is 0 Å². The second-order valence-corrected chi connectivity index (χ2v) is 4.54. The van der Waals surface area contributed by atoms with Gasteiger partial charge in [0.2, 0.25) is 5.91 Å². The van der Waals surface area contributed by atoms with E-state index in [1.54, 1.807) is 18.2 Å². The maximum Gasteiger partial charge on any atom is 0.326 e. The Kier molecular flexibility index (Phi) is 6.27. The summed E-state index contributed by atoms with van der Waals surface area (Å²) in [5.41, 5.74) is 0.561. The Labute approximate surface area is 121 Å². The lowest BCUT2D eigenvalue weighted by molar-refractivity contribution is -0.142. The lowest BCUT2D eigenvalue weighted by Gasteiger charge is -2.14. The smallest absolute Gasteiger partial charge is 0.326 e. The molecule has 0 spiro atoms. The van der Waals surface area contributed by atoms with Crippen molar-refractivity contribution in [2.75, 3.05) is 13.7 Å². The number of carboxylic acids is 1. The largest absolute Gasteiger partial charge is 0.496 e. The Balaban J connectivity index is 2.75. The van der Waals surface area contributed by atoms with Gasteiger partial charge in [-0.25, -0.2) is 4.79 Å². The van der Waals surface area contributed by atoms with Crippen LogP contribution < -0.4 is 10.1 Å². The number of halogens is 1. The summed E-state index contributed by atoms with van der Waals surface area (Å²) in [5, 5.41) is 20.4. The predicted molar refractivity (Wildman–Crippen MR) is 73.0 cm³/mol. The third-order valence-corrected chi connectivity index (χ3v) is 2.88. The Morgan fingerprint density at radius 2 is 2.15 bits per heavy atom. The number of aliphatic carboxylic acids is 1. The molecule has 0 heterocycles. The van der Waals surface area contributed by atoms with E-state index in [0.717, 1.165) is 0 Å². The van der Waals surface area contributed by atoms with Crippen molar-refractivity contribution in [3.8, 4) is 5.75 Å². The molecule has 20 heavy (non-hydrogen) atoms. The summed E-state index contributed by atoms with van der Waals surface area (Å²) in [5.74, 6) is -1.17. The summed E-state index contributed by atoms with van der Waals surface area (Å²) in [6, 6.07) is 3.74. The lowest BCUT2D eigenvalue weighted by atomic mass is 10.1. The number of rotatable bonds is 7. The van der Waals surface area contributed by atoms with Gasteiger partial charge in [-0.3, -0.25) is 4.79 Å². The summed E-state index contributed by atoms with van der Waals surface area (Å²) < 4.78 is 5.11. The van der Waals surface area contributed by atoms with Gasteiger partial charge >= 0.3 is 5.97 Å². The molecule has 3 N–H and O–H groups in total. The van der Waals surface area contributed by atoms with E-state index < -0.39 is 17.9 Å². The molecule has 1 aromatic carbocycles. The van der Waals surface area contributed by atoms with E-state index in [1.807, 2.05) is 0 Å². The summed E-state index contributed by atoms with van der Waals surface area (Å²) in [6.45, 7) is -0.322. The number of aliphatic hydroxyl groups excluding tert-OH is 1. The van der Waals surface area contributed by atoms with E-state index in [0.29, 0.717) is 16.3 Å². The van der Waals surface area contributed by atoms with Crippen molar-refractivity contribution in [3.63, 3.8) is 0 Å². The lowest BCUT2D eigenvalue weighted by Crippen LogP contribution is -2.42. The van der Waals surface area contributed by atoms with E-state index in [2.05, 4.69) is 5.32 Å². The molecule has 0 aliphatic heterocycles. The van der Waals surface area contributed by atoms with Crippen LogP contribution in [0.5, 0.6) is 5.75 Å². The Hall–Kier alpha value is -1.79. The molecule has 0 aliphatic rings. The van der Waals surface area contributed by atoms with Gasteiger partial charge in [0.25, 0.3) is 0 Å². The average Bonchev–Trinajstić information content (AvgIpc) is 2.38. The van der Waals surface area contributed by atoms with Crippen LogP contribution in [0.3, 0.4) is 0 Å². The van der Waals surface area contributed by atoms with Gasteiger partial charge in [-0.1, -0.05) is 11.6 Å². The van der Waals surface area contributed by atoms with Gasteiger partial charge in [-0.2, -0.15) is 0 Å². The summed E-state index contributed by atoms with van der Waals surface area (Å²) >= 11 is 5.85. The van der Waals surface area contributed by atoms with Crippen LogP contribution in [-0.2, 0) is 16.0 Å². The first-order valence-electron chi connectivity index (χ1n) is 5.93. The maximum absolute atomic E-state index is 11.8. The van der Waals surface area contributed by atoms with E-state index in [1.165, 1.54) is 7.11 Å². The highest BCUT2D eigenvalue weighted by atomic mass is 35.5. The minimum atomic E-state index is -1.19. The zero-order chi connectivity index (χ0) is 15.1. The van der Waals surface area contributed by atoms with Gasteiger partial charge in [0.15, 0.2) is 0 Å². The van der Waals surface area contributed by atoms with Gasteiger partial charge in [0, 0.05) is 23.6 Å². The van der Waals surface area contributed by atoms with Crippen molar-refractivity contribution in [1.82, 2.24) is 5.32 Å². The SMILES string of the molecule is COc1ccc(Cl)cc1CC(=O)NC(CCO)C(=O)O. The fourth-order valence-electron chi connectivity index (χ4n) is 1.69. The molecule has 0 saturated carbocycles. The molecule has 110 valence electrons. The van der Waals surface area contributed by atoms with Crippen molar-refractivity contribution < 1.29 is 24.5 Å². The number of carbonyl (C=O) groups excluding carboxylic acids is 1. The van der Waals surface area contributed by atoms with Gasteiger partial charge in [-0.15, -0.1) is 0 Å². The van der Waals surface area contributed by atoms with Gasteiger partial charge < -0.3 is 20.3 Å². The standard InChI is InChI=1S/C13H16ClNO5/c1-20-11-3-2-9(14)6-8(11)7-12(17)15-10(4-5-16)13(18)19/h2-3,6,10,16H,4-5,7H2,1H3,(H,15,17)(H,18,19). The van der Waals surface area contributed by atoms with Crippen LogP contribution in [-0.4, -0.2) is 41.8 Å². The number of hydrogen-bond acceptors (Lipinski definition) is 4. The maximum atomic E-state index is 11.8. The van der Waals surface area contributed by atoms with Crippen molar-refractivity contribution in [2.24, 2.45) is 0 Å².